The van der Waals surface area contributed by atoms with Crippen molar-refractivity contribution < 1.29 is 13.9 Å². The lowest BCUT2D eigenvalue weighted by Crippen LogP contribution is -2.06. The Morgan fingerprint density at radius 3 is 3.07 bits per heavy atom. The first kappa shape index (κ1) is 9.76. The van der Waals surface area contributed by atoms with Gasteiger partial charge in [0, 0.05) is 16.4 Å². The summed E-state index contributed by atoms with van der Waals surface area (Å²) in [5.74, 6) is 0.481. The van der Waals surface area contributed by atoms with Crippen molar-refractivity contribution in [2.45, 2.75) is 12.5 Å². The average molecular weight is 304 g/mol. The van der Waals surface area contributed by atoms with Gasteiger partial charge in [0.15, 0.2) is 0 Å². The Hall–Kier alpha value is -0.780. The summed E-state index contributed by atoms with van der Waals surface area (Å²) in [7, 11) is 0. The van der Waals surface area contributed by atoms with Gasteiger partial charge in [0.1, 0.15) is 11.9 Å². The Bertz CT molecular complexity index is 353. The number of halogens is 1. The summed E-state index contributed by atoms with van der Waals surface area (Å²) in [5, 5.41) is 0. The van der Waals surface area contributed by atoms with E-state index in [1.807, 2.05) is 6.07 Å². The smallest absolute Gasteiger partial charge is 0.334 e. The number of cyclic esters (lactones) is 1. The molecule has 4 heteroatoms. The van der Waals surface area contributed by atoms with E-state index < -0.39 is 0 Å². The van der Waals surface area contributed by atoms with E-state index in [2.05, 4.69) is 22.6 Å². The number of carbonyl (C=O) groups is 1. The van der Waals surface area contributed by atoms with Crippen LogP contribution in [0.1, 0.15) is 12.2 Å². The minimum atomic E-state index is -0.219. The molecule has 0 amide bonds. The normalized spacial score (nSPS) is 24.2. The van der Waals surface area contributed by atoms with E-state index in [0.29, 0.717) is 17.8 Å². The van der Waals surface area contributed by atoms with E-state index in [1.54, 1.807) is 18.4 Å². The third kappa shape index (κ3) is 2.00. The molecule has 1 aromatic heterocycles. The number of rotatable bonds is 2. The summed E-state index contributed by atoms with van der Waals surface area (Å²) in [6.07, 6.45) is 4.05. The highest BCUT2D eigenvalue weighted by Gasteiger charge is 2.27. The van der Waals surface area contributed by atoms with E-state index in [9.17, 15) is 4.79 Å². The van der Waals surface area contributed by atoms with E-state index in [-0.39, 0.29) is 12.1 Å². The fourth-order valence-corrected chi connectivity index (χ4v) is 1.84. The van der Waals surface area contributed by atoms with Gasteiger partial charge in [0.25, 0.3) is 0 Å². The molecule has 14 heavy (non-hydrogen) atoms. The Balaban J connectivity index is 2.16. The van der Waals surface area contributed by atoms with Gasteiger partial charge in [-0.15, -0.1) is 0 Å². The van der Waals surface area contributed by atoms with Crippen molar-refractivity contribution in [3.8, 4) is 0 Å². The second-order valence-corrected chi connectivity index (χ2v) is 3.95. The number of hydrogen-bond acceptors (Lipinski definition) is 3. The van der Waals surface area contributed by atoms with Crippen LogP contribution in [0.3, 0.4) is 0 Å². The second kappa shape index (κ2) is 4.16. The summed E-state index contributed by atoms with van der Waals surface area (Å²) >= 11 is 2.21. The van der Waals surface area contributed by atoms with Crippen LogP contribution in [0.4, 0.5) is 0 Å². The third-order valence-corrected chi connectivity index (χ3v) is 3.00. The molecule has 74 valence electrons. The van der Waals surface area contributed by atoms with Crippen molar-refractivity contribution in [1.82, 2.24) is 0 Å². The number of carbonyl (C=O) groups excluding carboxylic acids is 1. The zero-order valence-electron chi connectivity index (χ0n) is 7.40. The van der Waals surface area contributed by atoms with Gasteiger partial charge in [0.05, 0.1) is 6.26 Å². The SMILES string of the molecule is O=C1OC(CI)C/C1=C/c1ccco1. The van der Waals surface area contributed by atoms with Gasteiger partial charge in [-0.05, 0) is 18.2 Å². The molecule has 2 rings (SSSR count). The number of hydrogen-bond donors (Lipinski definition) is 0. The van der Waals surface area contributed by atoms with Crippen molar-refractivity contribution in [2.24, 2.45) is 0 Å². The number of esters is 1. The summed E-state index contributed by atoms with van der Waals surface area (Å²) in [6, 6.07) is 3.61. The molecule has 1 aromatic rings. The van der Waals surface area contributed by atoms with E-state index >= 15 is 0 Å². The summed E-state index contributed by atoms with van der Waals surface area (Å²) in [6.45, 7) is 0. The second-order valence-electron chi connectivity index (χ2n) is 3.07. The summed E-state index contributed by atoms with van der Waals surface area (Å²) < 4.78 is 11.1. The molecule has 1 atom stereocenters. The van der Waals surface area contributed by atoms with Gasteiger partial charge in [-0.25, -0.2) is 4.79 Å². The molecule has 0 saturated carbocycles. The Morgan fingerprint density at radius 1 is 1.64 bits per heavy atom. The first-order valence-electron chi connectivity index (χ1n) is 4.30. The fourth-order valence-electron chi connectivity index (χ4n) is 1.35. The molecule has 0 bridgehead atoms. The molecule has 2 heterocycles. The maximum absolute atomic E-state index is 11.3. The maximum Gasteiger partial charge on any atom is 0.334 e. The molecule has 0 radical (unpaired) electrons. The molecule has 0 spiro atoms. The van der Waals surface area contributed by atoms with Crippen LogP contribution in [-0.2, 0) is 9.53 Å². The van der Waals surface area contributed by atoms with Crippen molar-refractivity contribution in [3.05, 3.63) is 29.7 Å². The van der Waals surface area contributed by atoms with Crippen LogP contribution in [0, 0.1) is 0 Å². The van der Waals surface area contributed by atoms with E-state index in [4.69, 9.17) is 9.15 Å². The van der Waals surface area contributed by atoms with Gasteiger partial charge in [-0.3, -0.25) is 0 Å². The lowest BCUT2D eigenvalue weighted by Gasteiger charge is -2.00. The molecule has 0 aromatic carbocycles. The van der Waals surface area contributed by atoms with E-state index in [0.717, 1.165) is 4.43 Å². The molecule has 1 aliphatic rings. The standard InChI is InChI=1S/C10H9IO3/c11-6-9-5-7(10(12)14-9)4-8-2-1-3-13-8/h1-4,9H,5-6H2/b7-4-. The molecule has 1 fully saturated rings. The van der Waals surface area contributed by atoms with Crippen molar-refractivity contribution in [2.75, 3.05) is 4.43 Å². The van der Waals surface area contributed by atoms with Crippen LogP contribution in [0.25, 0.3) is 6.08 Å². The van der Waals surface area contributed by atoms with Crippen LogP contribution in [0.5, 0.6) is 0 Å². The van der Waals surface area contributed by atoms with E-state index in [1.165, 1.54) is 0 Å². The Labute approximate surface area is 95.3 Å². The lowest BCUT2D eigenvalue weighted by atomic mass is 10.1. The Kier molecular flexibility index (Phi) is 2.90. The minimum Gasteiger partial charge on any atom is -0.465 e. The van der Waals surface area contributed by atoms with Crippen LogP contribution in [-0.4, -0.2) is 16.5 Å². The van der Waals surface area contributed by atoms with Gasteiger partial charge in [-0.1, -0.05) is 22.6 Å². The first-order chi connectivity index (χ1) is 6.79. The zero-order chi connectivity index (χ0) is 9.97. The topological polar surface area (TPSA) is 39.4 Å². The van der Waals surface area contributed by atoms with Crippen LogP contribution in [0.2, 0.25) is 0 Å². The van der Waals surface area contributed by atoms with Gasteiger partial charge < -0.3 is 9.15 Å². The van der Waals surface area contributed by atoms with Crippen molar-refractivity contribution in [1.29, 1.82) is 0 Å². The number of ether oxygens (including phenoxy) is 1. The monoisotopic (exact) mass is 304 g/mol. The largest absolute Gasteiger partial charge is 0.465 e. The van der Waals surface area contributed by atoms with Crippen LogP contribution in [0.15, 0.2) is 28.4 Å². The third-order valence-electron chi connectivity index (χ3n) is 2.02. The van der Waals surface area contributed by atoms with Gasteiger partial charge in [-0.2, -0.15) is 0 Å². The number of furan rings is 1. The molecule has 1 aliphatic heterocycles. The maximum atomic E-state index is 11.3. The summed E-state index contributed by atoms with van der Waals surface area (Å²) in [4.78, 5) is 11.3. The highest BCUT2D eigenvalue weighted by molar-refractivity contribution is 14.1. The molecule has 1 saturated heterocycles. The lowest BCUT2D eigenvalue weighted by molar-refractivity contribution is -0.137. The predicted octanol–water partition coefficient (Wildman–Crippen LogP) is 2.41. The molecule has 0 N–H and O–H groups in total. The molecule has 0 aliphatic carbocycles. The van der Waals surface area contributed by atoms with Crippen LogP contribution >= 0.6 is 22.6 Å². The molecule has 3 nitrogen and oxygen atoms in total. The molecular weight excluding hydrogens is 295 g/mol. The van der Waals surface area contributed by atoms with Gasteiger partial charge in [0.2, 0.25) is 0 Å². The average Bonchev–Trinajstić information content (AvgIpc) is 2.78. The number of alkyl halides is 1. The predicted molar refractivity (Wildman–Crippen MR) is 60.1 cm³/mol. The first-order valence-corrected chi connectivity index (χ1v) is 5.83. The Morgan fingerprint density at radius 2 is 2.50 bits per heavy atom. The van der Waals surface area contributed by atoms with Crippen LogP contribution < -0.4 is 0 Å². The summed E-state index contributed by atoms with van der Waals surface area (Å²) in [5.41, 5.74) is 0.696. The van der Waals surface area contributed by atoms with Gasteiger partial charge >= 0.3 is 5.97 Å². The highest BCUT2D eigenvalue weighted by atomic mass is 127. The van der Waals surface area contributed by atoms with Crippen molar-refractivity contribution in [3.63, 3.8) is 0 Å². The van der Waals surface area contributed by atoms with Crippen molar-refractivity contribution >= 4 is 34.6 Å². The molecule has 1 unspecified atom stereocenters. The zero-order valence-corrected chi connectivity index (χ0v) is 9.56. The minimum absolute atomic E-state index is 0.0318. The fraction of sp³-hybridized carbons (Fsp3) is 0.300. The quantitative estimate of drug-likeness (QED) is 0.364. The molecular formula is C10H9IO3. The highest BCUT2D eigenvalue weighted by Crippen LogP contribution is 2.24.